The number of aromatic nitrogens is 6. The van der Waals surface area contributed by atoms with Crippen LogP contribution in [0.1, 0.15) is 41.5 Å². The second-order valence-electron chi connectivity index (χ2n) is 11.7. The molecule has 0 spiro atoms. The van der Waals surface area contributed by atoms with Crippen molar-refractivity contribution in [3.8, 4) is 22.3 Å². The topological polar surface area (TPSA) is 147 Å². The maximum absolute atomic E-state index is 5.89. The average molecular weight is 941 g/mol. The summed E-state index contributed by atoms with van der Waals surface area (Å²) in [7, 11) is 0. The molecule has 0 saturated carbocycles. The predicted octanol–water partition coefficient (Wildman–Crippen LogP) is 10.9. The van der Waals surface area contributed by atoms with Crippen LogP contribution in [0.3, 0.4) is 0 Å². The van der Waals surface area contributed by atoms with Crippen molar-refractivity contribution in [2.45, 2.75) is 48.2 Å². The lowest BCUT2D eigenvalue weighted by atomic mass is 10.0. The van der Waals surface area contributed by atoms with Crippen LogP contribution in [0.5, 0.6) is 0 Å². The van der Waals surface area contributed by atoms with E-state index < -0.39 is 0 Å². The van der Waals surface area contributed by atoms with Crippen LogP contribution in [0.4, 0.5) is 5.95 Å². The molecule has 268 valence electrons. The monoisotopic (exact) mass is 940 g/mol. The fourth-order valence-electron chi connectivity index (χ4n) is 5.68. The van der Waals surface area contributed by atoms with Gasteiger partial charge in [0, 0.05) is 31.4 Å². The zero-order chi connectivity index (χ0) is 36.1. The Hall–Kier alpha value is -4.25. The van der Waals surface area contributed by atoms with Crippen molar-refractivity contribution < 1.29 is 9.05 Å². The van der Waals surface area contributed by atoms with Gasteiger partial charge >= 0.3 is 0 Å². The van der Waals surface area contributed by atoms with Crippen molar-refractivity contribution in [2.75, 3.05) is 5.32 Å². The molecule has 4 aromatic carbocycles. The molecular weight excluding hydrogens is 902 g/mol. The third-order valence-electron chi connectivity index (χ3n) is 8.08. The number of anilines is 1. The summed E-state index contributed by atoms with van der Waals surface area (Å²) in [6.45, 7) is 9.11. The fraction of sp³-hybridized carbons (Fsp3) is 0.179. The molecule has 0 bridgehead atoms. The molecule has 0 aliphatic carbocycles. The molecule has 8 rings (SSSR count). The van der Waals surface area contributed by atoms with Gasteiger partial charge in [-0.05, 0) is 131 Å². The van der Waals surface area contributed by atoms with Crippen molar-refractivity contribution in [3.05, 3.63) is 131 Å². The average Bonchev–Trinajstić information content (AvgIpc) is 3.90. The summed E-state index contributed by atoms with van der Waals surface area (Å²) in [4.78, 5) is 15.3. The van der Waals surface area contributed by atoms with E-state index in [-0.39, 0.29) is 7.43 Å². The van der Waals surface area contributed by atoms with E-state index in [0.29, 0.717) is 11.8 Å². The Kier molecular flexibility index (Phi) is 13.1. The highest BCUT2D eigenvalue weighted by molar-refractivity contribution is 14.1. The number of nitrogens with one attached hydrogen (secondary N) is 3. The van der Waals surface area contributed by atoms with E-state index in [2.05, 4.69) is 111 Å². The lowest BCUT2D eigenvalue weighted by Crippen LogP contribution is -2.00. The zero-order valence-electron chi connectivity index (χ0n) is 28.3. The molecule has 0 amide bonds. The number of aryl methyl sites for hydroxylation is 4. The molecule has 0 unspecified atom stereocenters. The third kappa shape index (κ3) is 9.03. The number of aromatic amines is 2. The molecule has 0 atom stereocenters. The van der Waals surface area contributed by atoms with Gasteiger partial charge in [0.05, 0.1) is 22.4 Å². The third-order valence-corrected chi connectivity index (χ3v) is 9.90. The number of halogens is 3. The highest BCUT2D eigenvalue weighted by Crippen LogP contribution is 2.33. The lowest BCUT2D eigenvalue weighted by molar-refractivity contribution is 0.393. The second-order valence-corrected chi connectivity index (χ2v) is 14.4. The smallest absolute Gasteiger partial charge is 0.201 e. The molecule has 0 aliphatic heterocycles. The highest BCUT2D eigenvalue weighted by atomic mass is 127. The molecule has 13 heteroatoms. The standard InChI is InChI=1S/C19H17IN4O.C12H9ClIN3O.C7H9N.CH4/c1-11-17(12(2)25-24-11)14-8-15(20)18-16(9-14)22-19(23-18)21-10-13-6-4-3-5-7-13;1-5-10(6(2)18-17-5)7-3-8(14)11-9(4-7)15-12(13)16-11;8-6-7-4-2-1-3-5-7;/h3-9H,10H2,1-2H3,(H2,21,22,23);3-4H,1-2H3,(H,15,16);1-5H,6,8H2;1H4. The normalized spacial score (nSPS) is 10.7. The van der Waals surface area contributed by atoms with Crippen LogP contribution >= 0.6 is 56.8 Å². The maximum atomic E-state index is 5.89. The number of nitrogens with zero attached hydrogens (tertiary/aromatic N) is 4. The number of nitrogens with two attached hydrogens (primary N) is 1. The first kappa shape index (κ1) is 39.0. The summed E-state index contributed by atoms with van der Waals surface area (Å²) < 4.78 is 12.6. The summed E-state index contributed by atoms with van der Waals surface area (Å²) in [5, 5.41) is 11.8. The Labute approximate surface area is 334 Å². The number of hydrogen-bond acceptors (Lipinski definition) is 8. The van der Waals surface area contributed by atoms with E-state index in [0.717, 1.165) is 86.9 Å². The summed E-state index contributed by atoms with van der Waals surface area (Å²) in [5.41, 5.74) is 17.5. The van der Waals surface area contributed by atoms with E-state index in [4.69, 9.17) is 26.4 Å². The summed E-state index contributed by atoms with van der Waals surface area (Å²) in [6.07, 6.45) is 0. The van der Waals surface area contributed by atoms with Crippen LogP contribution in [0.15, 0.2) is 94.0 Å². The van der Waals surface area contributed by atoms with Gasteiger partial charge in [-0.1, -0.05) is 78.4 Å². The van der Waals surface area contributed by atoms with Gasteiger partial charge in [0.25, 0.3) is 0 Å². The van der Waals surface area contributed by atoms with E-state index >= 15 is 0 Å². The Morgan fingerprint density at radius 3 is 1.63 bits per heavy atom. The molecule has 52 heavy (non-hydrogen) atoms. The number of benzene rings is 4. The lowest BCUT2D eigenvalue weighted by Gasteiger charge is -2.02. The van der Waals surface area contributed by atoms with Gasteiger partial charge < -0.3 is 30.1 Å². The van der Waals surface area contributed by atoms with Gasteiger partial charge in [-0.3, -0.25) is 0 Å². The predicted molar refractivity (Wildman–Crippen MR) is 227 cm³/mol. The number of H-pyrrole nitrogens is 2. The molecule has 0 radical (unpaired) electrons. The minimum atomic E-state index is 0. The summed E-state index contributed by atoms with van der Waals surface area (Å²) in [6, 6.07) is 28.6. The SMILES string of the molecule is C.Cc1noc(C)c1-c1cc(I)c2nc(Cl)[nH]c2c1.Cc1noc(C)c1-c1cc(I)c2nc(NCc3ccccc3)[nH]c2c1.NCc1ccccc1. The largest absolute Gasteiger partial charge is 0.361 e. The molecular formula is C39H39ClI2N8O2. The van der Waals surface area contributed by atoms with E-state index in [1.807, 2.05) is 82.3 Å². The Morgan fingerprint density at radius 1 is 0.692 bits per heavy atom. The second kappa shape index (κ2) is 17.5. The minimum absolute atomic E-state index is 0. The van der Waals surface area contributed by atoms with Crippen LogP contribution in [0, 0.1) is 34.8 Å². The molecule has 8 aromatic rings. The van der Waals surface area contributed by atoms with Gasteiger partial charge in [-0.15, -0.1) is 0 Å². The first-order valence-electron chi connectivity index (χ1n) is 16.0. The molecule has 4 heterocycles. The van der Waals surface area contributed by atoms with Crippen LogP contribution in [0.25, 0.3) is 44.3 Å². The van der Waals surface area contributed by atoms with Crippen molar-refractivity contribution in [1.29, 1.82) is 0 Å². The number of rotatable bonds is 6. The molecule has 4 aromatic heterocycles. The number of imidazole rings is 2. The van der Waals surface area contributed by atoms with Gasteiger partial charge in [0.1, 0.15) is 22.6 Å². The quantitative estimate of drug-likeness (QED) is 0.121. The molecule has 0 fully saturated rings. The zero-order valence-corrected chi connectivity index (χ0v) is 33.4. The van der Waals surface area contributed by atoms with Crippen LogP contribution in [-0.4, -0.2) is 30.2 Å². The first-order valence-corrected chi connectivity index (χ1v) is 18.6. The van der Waals surface area contributed by atoms with Crippen molar-refractivity contribution >= 4 is 84.8 Å². The van der Waals surface area contributed by atoms with Crippen molar-refractivity contribution in [3.63, 3.8) is 0 Å². The number of hydrogen-bond donors (Lipinski definition) is 4. The van der Waals surface area contributed by atoms with Crippen LogP contribution in [-0.2, 0) is 13.1 Å². The summed E-state index contributed by atoms with van der Waals surface area (Å²) in [5.74, 6) is 2.41. The first-order chi connectivity index (χ1) is 24.6. The summed E-state index contributed by atoms with van der Waals surface area (Å²) >= 11 is 10.5. The van der Waals surface area contributed by atoms with Crippen molar-refractivity contribution in [1.82, 2.24) is 30.2 Å². The van der Waals surface area contributed by atoms with E-state index in [1.165, 1.54) is 11.1 Å². The molecule has 5 N–H and O–H groups in total. The Morgan fingerprint density at radius 2 is 1.17 bits per heavy atom. The fourth-order valence-corrected chi connectivity index (χ4v) is 7.36. The Bertz CT molecular complexity index is 2360. The van der Waals surface area contributed by atoms with Crippen molar-refractivity contribution in [2.24, 2.45) is 5.73 Å². The van der Waals surface area contributed by atoms with E-state index in [1.54, 1.807) is 0 Å². The minimum Gasteiger partial charge on any atom is -0.361 e. The van der Waals surface area contributed by atoms with Gasteiger partial charge in [0.15, 0.2) is 0 Å². The van der Waals surface area contributed by atoms with Crippen LogP contribution in [0.2, 0.25) is 5.28 Å². The molecule has 0 saturated heterocycles. The van der Waals surface area contributed by atoms with E-state index in [9.17, 15) is 0 Å². The maximum Gasteiger partial charge on any atom is 0.201 e. The Balaban J connectivity index is 0.000000169. The van der Waals surface area contributed by atoms with Gasteiger partial charge in [-0.25, -0.2) is 9.97 Å². The number of fused-ring (bicyclic) bond motifs is 2. The van der Waals surface area contributed by atoms with Gasteiger partial charge in [-0.2, -0.15) is 0 Å². The molecule has 0 aliphatic rings. The molecule has 10 nitrogen and oxygen atoms in total. The highest BCUT2D eigenvalue weighted by Gasteiger charge is 2.16. The van der Waals surface area contributed by atoms with Gasteiger partial charge in [0.2, 0.25) is 11.2 Å². The van der Waals surface area contributed by atoms with Crippen LogP contribution < -0.4 is 11.1 Å².